The molecule has 1 heterocycles. The second-order valence-electron chi connectivity index (χ2n) is 8.05. The lowest BCUT2D eigenvalue weighted by molar-refractivity contribution is -0.131. The molecular formula is C22H28ClN3O5S. The summed E-state index contributed by atoms with van der Waals surface area (Å²) in [6, 6.07) is 8.87. The molecule has 0 radical (unpaired) electrons. The largest absolute Gasteiger partial charge is 0.467 e. The Morgan fingerprint density at radius 1 is 1.12 bits per heavy atom. The summed E-state index contributed by atoms with van der Waals surface area (Å²) in [5, 5.41) is 5.98. The third-order valence-corrected chi connectivity index (χ3v) is 7.36. The summed E-state index contributed by atoms with van der Waals surface area (Å²) in [4.78, 5) is 24.9. The summed E-state index contributed by atoms with van der Waals surface area (Å²) >= 11 is 5.81. The summed E-state index contributed by atoms with van der Waals surface area (Å²) in [5.41, 5.74) is 0. The summed E-state index contributed by atoms with van der Waals surface area (Å²) in [7, 11) is -3.59. The van der Waals surface area contributed by atoms with E-state index >= 15 is 0 Å². The molecule has 2 aromatic rings. The van der Waals surface area contributed by atoms with E-state index in [1.807, 2.05) is 0 Å². The lowest BCUT2D eigenvalue weighted by Crippen LogP contribution is -2.47. The van der Waals surface area contributed by atoms with Crippen molar-refractivity contribution in [2.75, 3.05) is 6.54 Å². The van der Waals surface area contributed by atoms with E-state index in [9.17, 15) is 18.0 Å². The van der Waals surface area contributed by atoms with Gasteiger partial charge in [0.2, 0.25) is 21.8 Å². The molecule has 0 aliphatic heterocycles. The lowest BCUT2D eigenvalue weighted by Gasteiger charge is -2.28. The summed E-state index contributed by atoms with van der Waals surface area (Å²) in [6.45, 7) is 2.24. The van der Waals surface area contributed by atoms with Crippen LogP contribution in [0.2, 0.25) is 5.02 Å². The van der Waals surface area contributed by atoms with Gasteiger partial charge in [-0.3, -0.25) is 9.59 Å². The molecule has 1 atom stereocenters. The highest BCUT2D eigenvalue weighted by Crippen LogP contribution is 2.29. The van der Waals surface area contributed by atoms with Gasteiger partial charge in [-0.2, -0.15) is 0 Å². The lowest BCUT2D eigenvalue weighted by atomic mass is 9.81. The normalized spacial score (nSPS) is 19.8. The number of amides is 2. The first-order valence-corrected chi connectivity index (χ1v) is 12.5. The Bertz CT molecular complexity index is 1000. The molecule has 1 aromatic carbocycles. The summed E-state index contributed by atoms with van der Waals surface area (Å²) in [5.74, 6) is 0.197. The Balaban J connectivity index is 1.39. The molecule has 0 saturated heterocycles. The van der Waals surface area contributed by atoms with Gasteiger partial charge in [-0.25, -0.2) is 13.1 Å². The topological polar surface area (TPSA) is 118 Å². The molecule has 1 aliphatic carbocycles. The van der Waals surface area contributed by atoms with E-state index < -0.39 is 16.1 Å². The van der Waals surface area contributed by atoms with E-state index in [0.717, 1.165) is 12.8 Å². The van der Waals surface area contributed by atoms with Gasteiger partial charge < -0.3 is 15.1 Å². The van der Waals surface area contributed by atoms with Gasteiger partial charge in [-0.1, -0.05) is 11.6 Å². The molecular weight excluding hydrogens is 454 g/mol. The minimum absolute atomic E-state index is 0.147. The van der Waals surface area contributed by atoms with Gasteiger partial charge in [0.05, 0.1) is 17.7 Å². The molecule has 8 nitrogen and oxygen atoms in total. The second kappa shape index (κ2) is 11.0. The maximum atomic E-state index is 12.6. The number of hydrogen-bond donors (Lipinski definition) is 3. The fourth-order valence-electron chi connectivity index (χ4n) is 3.69. The Morgan fingerprint density at radius 2 is 1.81 bits per heavy atom. The van der Waals surface area contributed by atoms with Crippen LogP contribution in [0.1, 0.15) is 38.4 Å². The van der Waals surface area contributed by atoms with Crippen molar-refractivity contribution in [1.29, 1.82) is 0 Å². The number of hydrogen-bond acceptors (Lipinski definition) is 5. The van der Waals surface area contributed by atoms with Gasteiger partial charge in [0.1, 0.15) is 11.8 Å². The molecule has 32 heavy (non-hydrogen) atoms. The van der Waals surface area contributed by atoms with Crippen molar-refractivity contribution in [3.63, 3.8) is 0 Å². The average Bonchev–Trinajstić information content (AvgIpc) is 3.30. The minimum atomic E-state index is -3.59. The van der Waals surface area contributed by atoms with E-state index in [1.165, 1.54) is 30.5 Å². The van der Waals surface area contributed by atoms with Gasteiger partial charge in [0.15, 0.2) is 0 Å². The van der Waals surface area contributed by atoms with Crippen LogP contribution in [0.5, 0.6) is 0 Å². The number of rotatable bonds is 9. The zero-order valence-electron chi connectivity index (χ0n) is 17.8. The fraction of sp³-hybridized carbons (Fsp3) is 0.455. The molecule has 10 heteroatoms. The maximum absolute atomic E-state index is 12.6. The first-order chi connectivity index (χ1) is 15.2. The number of carbonyl (C=O) groups excluding carboxylic acids is 2. The molecule has 174 valence electrons. The Labute approximate surface area is 193 Å². The van der Waals surface area contributed by atoms with E-state index in [0.29, 0.717) is 30.2 Å². The zero-order chi connectivity index (χ0) is 23.1. The molecule has 3 N–H and O–H groups in total. The number of furan rings is 1. The standard InChI is InChI=1S/C22H28ClN3O5S/c1-15(21(27)24-14-19-3-2-12-31-19)26-22(28)17-6-4-16(5-7-17)13-25-32(29,30)20-10-8-18(23)9-11-20/h2-3,8-12,15-17,25H,4-7,13-14H2,1H3,(H,24,27)(H,26,28). The zero-order valence-corrected chi connectivity index (χ0v) is 19.4. The van der Waals surface area contributed by atoms with E-state index in [2.05, 4.69) is 15.4 Å². The quantitative estimate of drug-likeness (QED) is 0.509. The average molecular weight is 482 g/mol. The Hall–Kier alpha value is -2.36. The van der Waals surface area contributed by atoms with Crippen LogP contribution in [-0.2, 0) is 26.2 Å². The first kappa shape index (κ1) is 24.3. The van der Waals surface area contributed by atoms with Gasteiger partial charge in [-0.05, 0) is 74.9 Å². The van der Waals surface area contributed by atoms with Crippen LogP contribution in [-0.4, -0.2) is 32.8 Å². The molecule has 3 rings (SSSR count). The third kappa shape index (κ3) is 6.82. The van der Waals surface area contributed by atoms with Gasteiger partial charge >= 0.3 is 0 Å². The third-order valence-electron chi connectivity index (χ3n) is 5.67. The second-order valence-corrected chi connectivity index (χ2v) is 10.3. The van der Waals surface area contributed by atoms with E-state index in [-0.39, 0.29) is 35.1 Å². The molecule has 1 fully saturated rings. The molecule has 2 amide bonds. The van der Waals surface area contributed by atoms with Crippen LogP contribution in [0.4, 0.5) is 0 Å². The minimum Gasteiger partial charge on any atom is -0.467 e. The fourth-order valence-corrected chi connectivity index (χ4v) is 4.93. The van der Waals surface area contributed by atoms with Gasteiger partial charge in [-0.15, -0.1) is 0 Å². The molecule has 0 bridgehead atoms. The molecule has 1 aliphatic rings. The Morgan fingerprint density at radius 3 is 2.44 bits per heavy atom. The van der Waals surface area contributed by atoms with Crippen molar-refractivity contribution < 1.29 is 22.4 Å². The van der Waals surface area contributed by atoms with Crippen LogP contribution in [0.25, 0.3) is 0 Å². The Kier molecular flexibility index (Phi) is 8.33. The number of halogens is 1. The van der Waals surface area contributed by atoms with Crippen LogP contribution < -0.4 is 15.4 Å². The SMILES string of the molecule is CC(NC(=O)C1CCC(CNS(=O)(=O)c2ccc(Cl)cc2)CC1)C(=O)NCc1ccco1. The highest BCUT2D eigenvalue weighted by atomic mass is 35.5. The smallest absolute Gasteiger partial charge is 0.242 e. The van der Waals surface area contributed by atoms with Crippen molar-refractivity contribution in [2.45, 2.75) is 50.1 Å². The maximum Gasteiger partial charge on any atom is 0.242 e. The summed E-state index contributed by atoms with van der Waals surface area (Å²) in [6.07, 6.45) is 4.31. The molecule has 1 unspecified atom stereocenters. The summed E-state index contributed by atoms with van der Waals surface area (Å²) < 4.78 is 32.6. The molecule has 0 spiro atoms. The van der Waals surface area contributed by atoms with Crippen molar-refractivity contribution in [3.8, 4) is 0 Å². The molecule has 1 aromatic heterocycles. The van der Waals surface area contributed by atoms with Gasteiger partial charge in [0, 0.05) is 17.5 Å². The van der Waals surface area contributed by atoms with Gasteiger partial charge in [0.25, 0.3) is 0 Å². The van der Waals surface area contributed by atoms with Crippen molar-refractivity contribution in [1.82, 2.24) is 15.4 Å². The monoisotopic (exact) mass is 481 g/mol. The molecule has 1 saturated carbocycles. The highest BCUT2D eigenvalue weighted by Gasteiger charge is 2.29. The number of carbonyl (C=O) groups is 2. The van der Waals surface area contributed by atoms with Crippen molar-refractivity contribution in [2.24, 2.45) is 11.8 Å². The number of sulfonamides is 1. The van der Waals surface area contributed by atoms with Crippen LogP contribution in [0.3, 0.4) is 0 Å². The number of benzene rings is 1. The predicted octanol–water partition coefficient (Wildman–Crippen LogP) is 2.84. The predicted molar refractivity (Wildman–Crippen MR) is 120 cm³/mol. The van der Waals surface area contributed by atoms with Crippen LogP contribution in [0, 0.1) is 11.8 Å². The first-order valence-electron chi connectivity index (χ1n) is 10.6. The van der Waals surface area contributed by atoms with E-state index in [4.69, 9.17) is 16.0 Å². The van der Waals surface area contributed by atoms with Crippen LogP contribution >= 0.6 is 11.6 Å². The van der Waals surface area contributed by atoms with E-state index in [1.54, 1.807) is 19.1 Å². The highest BCUT2D eigenvalue weighted by molar-refractivity contribution is 7.89. The van der Waals surface area contributed by atoms with Crippen molar-refractivity contribution >= 4 is 33.4 Å². The number of nitrogens with one attached hydrogen (secondary N) is 3. The van der Waals surface area contributed by atoms with Crippen LogP contribution in [0.15, 0.2) is 52.0 Å². The van der Waals surface area contributed by atoms with Crippen molar-refractivity contribution in [3.05, 3.63) is 53.4 Å².